The zero-order valence-corrected chi connectivity index (χ0v) is 18.8. The lowest BCUT2D eigenvalue weighted by molar-refractivity contribution is 0.0934. The van der Waals surface area contributed by atoms with Crippen LogP contribution in [0.4, 0.5) is 0 Å². The van der Waals surface area contributed by atoms with Crippen LogP contribution in [0.2, 0.25) is 0 Å². The minimum absolute atomic E-state index is 0.158. The van der Waals surface area contributed by atoms with Gasteiger partial charge in [0, 0.05) is 25.5 Å². The van der Waals surface area contributed by atoms with E-state index in [0.29, 0.717) is 23.9 Å². The molecular weight excluding hydrogens is 416 g/mol. The van der Waals surface area contributed by atoms with Gasteiger partial charge in [0.05, 0.1) is 16.3 Å². The van der Waals surface area contributed by atoms with Gasteiger partial charge in [-0.2, -0.15) is 9.40 Å². The van der Waals surface area contributed by atoms with Crippen LogP contribution in [0.15, 0.2) is 58.2 Å². The summed E-state index contributed by atoms with van der Waals surface area (Å²) in [6.45, 7) is 6.19. The molecule has 0 spiro atoms. The van der Waals surface area contributed by atoms with E-state index in [9.17, 15) is 18.0 Å². The van der Waals surface area contributed by atoms with Gasteiger partial charge in [-0.25, -0.2) is 13.1 Å². The van der Waals surface area contributed by atoms with Crippen LogP contribution in [0.1, 0.15) is 42.9 Å². The molecule has 164 valence electrons. The van der Waals surface area contributed by atoms with Crippen molar-refractivity contribution in [3.63, 3.8) is 0 Å². The highest BCUT2D eigenvalue weighted by Crippen LogP contribution is 2.20. The first-order valence-electron chi connectivity index (χ1n) is 10.1. The van der Waals surface area contributed by atoms with Gasteiger partial charge in [0.25, 0.3) is 11.5 Å². The molecule has 9 heteroatoms. The van der Waals surface area contributed by atoms with E-state index in [0.717, 1.165) is 10.2 Å². The van der Waals surface area contributed by atoms with E-state index < -0.39 is 22.0 Å². The van der Waals surface area contributed by atoms with E-state index in [1.54, 1.807) is 69.3 Å². The maximum atomic E-state index is 12.9. The Morgan fingerprint density at radius 3 is 2.23 bits per heavy atom. The van der Waals surface area contributed by atoms with Crippen LogP contribution < -0.4 is 10.9 Å². The molecule has 1 atom stereocenters. The molecule has 8 nitrogen and oxygen atoms in total. The number of hydrogen-bond acceptors (Lipinski definition) is 5. The molecule has 0 fully saturated rings. The van der Waals surface area contributed by atoms with Crippen LogP contribution >= 0.6 is 0 Å². The smallest absolute Gasteiger partial charge is 0.274 e. The van der Waals surface area contributed by atoms with Crippen LogP contribution in [0.5, 0.6) is 0 Å². The summed E-state index contributed by atoms with van der Waals surface area (Å²) in [5.41, 5.74) is 0.636. The summed E-state index contributed by atoms with van der Waals surface area (Å²) in [7, 11) is -2.04. The Bertz CT molecular complexity index is 1260. The number of sulfonamides is 1. The van der Waals surface area contributed by atoms with Crippen molar-refractivity contribution in [2.24, 2.45) is 7.05 Å². The van der Waals surface area contributed by atoms with Crippen LogP contribution in [0, 0.1) is 0 Å². The molecule has 0 radical (unpaired) electrons. The molecule has 1 N–H and O–H groups in total. The third kappa shape index (κ3) is 4.38. The van der Waals surface area contributed by atoms with Crippen molar-refractivity contribution in [3.8, 4) is 0 Å². The predicted octanol–water partition coefficient (Wildman–Crippen LogP) is 2.46. The molecule has 0 aliphatic heterocycles. The first kappa shape index (κ1) is 22.6. The van der Waals surface area contributed by atoms with E-state index in [1.807, 2.05) is 0 Å². The van der Waals surface area contributed by atoms with Crippen LogP contribution in [-0.2, 0) is 17.1 Å². The molecule has 2 aromatic carbocycles. The number of aromatic nitrogens is 2. The Morgan fingerprint density at radius 1 is 1.06 bits per heavy atom. The fourth-order valence-electron chi connectivity index (χ4n) is 3.46. The van der Waals surface area contributed by atoms with Gasteiger partial charge in [-0.15, -0.1) is 0 Å². The maximum Gasteiger partial charge on any atom is 0.274 e. The van der Waals surface area contributed by atoms with Crippen molar-refractivity contribution in [1.82, 2.24) is 19.4 Å². The lowest BCUT2D eigenvalue weighted by Gasteiger charge is -2.19. The topological polar surface area (TPSA) is 101 Å². The number of carbonyl (C=O) groups excluding carboxylic acids is 1. The molecule has 0 bridgehead atoms. The molecule has 0 aliphatic carbocycles. The van der Waals surface area contributed by atoms with Gasteiger partial charge in [-0.1, -0.05) is 44.2 Å². The molecule has 1 aromatic heterocycles. The quantitative estimate of drug-likeness (QED) is 0.606. The molecule has 31 heavy (non-hydrogen) atoms. The molecule has 0 saturated heterocycles. The number of nitrogens with one attached hydrogen (secondary N) is 1. The SMILES string of the molecule is CCN(CC)S(=O)(=O)c1ccc([C@H](C)NC(=O)c2nn(C)c(=O)c3ccccc23)cc1. The van der Waals surface area contributed by atoms with E-state index in [4.69, 9.17) is 0 Å². The zero-order valence-electron chi connectivity index (χ0n) is 18.0. The second-order valence-corrected chi connectivity index (χ2v) is 9.11. The Labute approximate surface area is 181 Å². The van der Waals surface area contributed by atoms with Crippen molar-refractivity contribution >= 4 is 26.7 Å². The minimum Gasteiger partial charge on any atom is -0.344 e. The minimum atomic E-state index is -3.54. The fraction of sp³-hybridized carbons (Fsp3) is 0.318. The predicted molar refractivity (Wildman–Crippen MR) is 119 cm³/mol. The number of rotatable bonds is 7. The van der Waals surface area contributed by atoms with Gasteiger partial charge < -0.3 is 5.32 Å². The zero-order chi connectivity index (χ0) is 22.8. The van der Waals surface area contributed by atoms with Crippen LogP contribution in [0.3, 0.4) is 0 Å². The normalized spacial score (nSPS) is 12.8. The standard InChI is InChI=1S/C22H26N4O4S/c1-5-26(6-2)31(29,30)17-13-11-16(12-14-17)15(3)23-21(27)20-18-9-7-8-10-19(18)22(28)25(4)24-20/h7-15H,5-6H2,1-4H3,(H,23,27)/t15-/m0/s1. The Kier molecular flexibility index (Phi) is 6.56. The Balaban J connectivity index is 1.85. The fourth-order valence-corrected chi connectivity index (χ4v) is 4.91. The number of aryl methyl sites for hydroxylation is 1. The highest BCUT2D eigenvalue weighted by molar-refractivity contribution is 7.89. The summed E-state index contributed by atoms with van der Waals surface area (Å²) in [4.78, 5) is 25.4. The average molecular weight is 443 g/mol. The number of fused-ring (bicyclic) bond motifs is 1. The highest BCUT2D eigenvalue weighted by Gasteiger charge is 2.22. The summed E-state index contributed by atoms with van der Waals surface area (Å²) >= 11 is 0. The van der Waals surface area contributed by atoms with Gasteiger partial charge >= 0.3 is 0 Å². The molecule has 0 aliphatic rings. The number of nitrogens with zero attached hydrogens (tertiary/aromatic N) is 3. The lowest BCUT2D eigenvalue weighted by atomic mass is 10.1. The van der Waals surface area contributed by atoms with Gasteiger partial charge in [0.15, 0.2) is 5.69 Å². The lowest BCUT2D eigenvalue weighted by Crippen LogP contribution is -2.31. The van der Waals surface area contributed by atoms with Gasteiger partial charge in [0.2, 0.25) is 10.0 Å². The number of carbonyl (C=O) groups is 1. The van der Waals surface area contributed by atoms with E-state index in [2.05, 4.69) is 10.4 Å². The van der Waals surface area contributed by atoms with E-state index in [1.165, 1.54) is 11.4 Å². The van der Waals surface area contributed by atoms with Gasteiger partial charge in [0.1, 0.15) is 0 Å². The molecular formula is C22H26N4O4S. The Hall–Kier alpha value is -3.04. The van der Waals surface area contributed by atoms with Crippen molar-refractivity contribution < 1.29 is 13.2 Å². The van der Waals surface area contributed by atoms with Crippen LogP contribution in [-0.4, -0.2) is 41.5 Å². The monoisotopic (exact) mass is 442 g/mol. The molecule has 3 rings (SSSR count). The summed E-state index contributed by atoms with van der Waals surface area (Å²) in [6, 6.07) is 12.9. The average Bonchev–Trinajstić information content (AvgIpc) is 2.77. The molecule has 0 saturated carbocycles. The van der Waals surface area contributed by atoms with E-state index in [-0.39, 0.29) is 16.1 Å². The number of benzene rings is 2. The molecule has 1 amide bonds. The maximum absolute atomic E-state index is 12.9. The largest absolute Gasteiger partial charge is 0.344 e. The molecule has 0 unspecified atom stereocenters. The van der Waals surface area contributed by atoms with Crippen molar-refractivity contribution in [1.29, 1.82) is 0 Å². The van der Waals surface area contributed by atoms with E-state index >= 15 is 0 Å². The number of hydrogen-bond donors (Lipinski definition) is 1. The van der Waals surface area contributed by atoms with Gasteiger partial charge in [-0.05, 0) is 30.7 Å². The third-order valence-electron chi connectivity index (χ3n) is 5.24. The molecule has 3 aromatic rings. The summed E-state index contributed by atoms with van der Waals surface area (Å²) in [5, 5.41) is 7.92. The van der Waals surface area contributed by atoms with Crippen molar-refractivity contribution in [2.75, 3.05) is 13.1 Å². The second kappa shape index (κ2) is 8.99. The molecule has 1 heterocycles. The third-order valence-corrected chi connectivity index (χ3v) is 7.31. The number of amides is 1. The summed E-state index contributed by atoms with van der Waals surface area (Å²) < 4.78 is 27.8. The first-order valence-corrected chi connectivity index (χ1v) is 11.5. The van der Waals surface area contributed by atoms with Gasteiger partial charge in [-0.3, -0.25) is 9.59 Å². The second-order valence-electron chi connectivity index (χ2n) is 7.18. The first-order chi connectivity index (χ1) is 14.7. The van der Waals surface area contributed by atoms with Crippen molar-refractivity contribution in [3.05, 3.63) is 70.1 Å². The van der Waals surface area contributed by atoms with Crippen molar-refractivity contribution in [2.45, 2.75) is 31.7 Å². The highest BCUT2D eigenvalue weighted by atomic mass is 32.2. The Morgan fingerprint density at radius 2 is 1.65 bits per heavy atom. The van der Waals surface area contributed by atoms with Crippen LogP contribution in [0.25, 0.3) is 10.8 Å². The summed E-state index contributed by atoms with van der Waals surface area (Å²) in [5.74, 6) is -0.417. The summed E-state index contributed by atoms with van der Waals surface area (Å²) in [6.07, 6.45) is 0.